The highest BCUT2D eigenvalue weighted by Crippen LogP contribution is 2.19. The van der Waals surface area contributed by atoms with Gasteiger partial charge in [-0.3, -0.25) is 29.8 Å². The lowest BCUT2D eigenvalue weighted by Gasteiger charge is -2.02. The third kappa shape index (κ3) is 4.47. The van der Waals surface area contributed by atoms with Crippen LogP contribution >= 0.6 is 11.6 Å². The van der Waals surface area contributed by atoms with E-state index in [-0.39, 0.29) is 17.7 Å². The lowest BCUT2D eigenvalue weighted by Crippen LogP contribution is -2.20. The predicted molar refractivity (Wildman–Crippen MR) is 112 cm³/mol. The summed E-state index contributed by atoms with van der Waals surface area (Å²) in [6.07, 6.45) is -0.172. The number of H-pyrrole nitrogens is 1. The third-order valence-electron chi connectivity index (χ3n) is 4.32. The molecule has 0 bridgehead atoms. The van der Waals surface area contributed by atoms with Gasteiger partial charge in [0.2, 0.25) is 0 Å². The Balaban J connectivity index is 2.10. The number of aromatic amines is 1. The van der Waals surface area contributed by atoms with E-state index in [4.69, 9.17) is 16.3 Å². The minimum absolute atomic E-state index is 0.103. The molecule has 1 N–H and O–H groups in total. The number of rotatable bonds is 6. The summed E-state index contributed by atoms with van der Waals surface area (Å²) in [7, 11) is 1.25. The first-order valence-electron chi connectivity index (χ1n) is 8.77. The second-order valence-electron chi connectivity index (χ2n) is 6.31. The Labute approximate surface area is 175 Å². The Kier molecular flexibility index (Phi) is 6.12. The molecule has 0 aliphatic carbocycles. The number of halogens is 1. The van der Waals surface area contributed by atoms with Gasteiger partial charge >= 0.3 is 5.97 Å². The van der Waals surface area contributed by atoms with Crippen LogP contribution in [-0.2, 0) is 16.0 Å². The maximum Gasteiger partial charge on any atom is 0.311 e. The molecule has 0 amide bonds. The molecule has 0 radical (unpaired) electrons. The number of aliphatic imine (C=N–C) groups is 1. The molecule has 9 nitrogen and oxygen atoms in total. The molecule has 0 saturated carbocycles. The highest BCUT2D eigenvalue weighted by Gasteiger charge is 2.21. The summed E-state index contributed by atoms with van der Waals surface area (Å²) in [5, 5.41) is 14.3. The van der Waals surface area contributed by atoms with Crippen molar-refractivity contribution in [1.82, 2.24) is 9.78 Å². The Morgan fingerprint density at radius 2 is 1.83 bits per heavy atom. The van der Waals surface area contributed by atoms with E-state index in [9.17, 15) is 19.7 Å². The Morgan fingerprint density at radius 1 is 1.20 bits per heavy atom. The van der Waals surface area contributed by atoms with E-state index < -0.39 is 16.5 Å². The minimum atomic E-state index is -0.535. The van der Waals surface area contributed by atoms with E-state index in [1.165, 1.54) is 36.1 Å². The number of nitro groups is 1. The number of nitrogens with one attached hydrogen (secondary N) is 1. The molecule has 0 saturated heterocycles. The molecule has 0 unspecified atom stereocenters. The summed E-state index contributed by atoms with van der Waals surface area (Å²) in [5.41, 5.74) is 1.34. The molecule has 30 heavy (non-hydrogen) atoms. The minimum Gasteiger partial charge on any atom is -0.469 e. The molecule has 154 valence electrons. The molecule has 2 aromatic carbocycles. The zero-order valence-electron chi connectivity index (χ0n) is 16.1. The van der Waals surface area contributed by atoms with E-state index >= 15 is 0 Å². The topological polar surface area (TPSA) is 120 Å². The highest BCUT2D eigenvalue weighted by molar-refractivity contribution is 6.30. The van der Waals surface area contributed by atoms with Crippen molar-refractivity contribution in [3.63, 3.8) is 0 Å². The van der Waals surface area contributed by atoms with Crippen LogP contribution in [0, 0.1) is 10.1 Å². The number of nitro benzene ring substituents is 1. The maximum atomic E-state index is 13.1. The monoisotopic (exact) mass is 428 g/mol. The van der Waals surface area contributed by atoms with Gasteiger partial charge in [-0.2, -0.15) is 0 Å². The van der Waals surface area contributed by atoms with Crippen LogP contribution in [0.4, 0.5) is 11.4 Å². The standard InChI is InChI=1S/C20H17ClN4O5/c1-12(22-14-5-3-13(21)4-6-14)19-17(11-18(26)30-2)23-24(20(19)27)15-7-9-16(10-8-15)25(28)29/h3-10,23H,11H2,1-2H3. The number of aromatic nitrogens is 2. The molecule has 0 atom stereocenters. The fourth-order valence-electron chi connectivity index (χ4n) is 2.87. The number of hydrogen-bond donors (Lipinski definition) is 1. The van der Waals surface area contributed by atoms with Gasteiger partial charge in [0.25, 0.3) is 11.2 Å². The number of carbonyl (C=O) groups is 1. The fraction of sp³-hybridized carbons (Fsp3) is 0.150. The van der Waals surface area contributed by atoms with Crippen molar-refractivity contribution < 1.29 is 14.5 Å². The Hall–Kier alpha value is -3.72. The summed E-state index contributed by atoms with van der Waals surface area (Å²) in [6, 6.07) is 12.2. The van der Waals surface area contributed by atoms with Crippen LogP contribution in [-0.4, -0.2) is 33.5 Å². The zero-order valence-corrected chi connectivity index (χ0v) is 16.8. The second-order valence-corrected chi connectivity index (χ2v) is 6.74. The zero-order chi connectivity index (χ0) is 21.8. The van der Waals surface area contributed by atoms with E-state index in [1.807, 2.05) is 0 Å². The summed E-state index contributed by atoms with van der Waals surface area (Å²) >= 11 is 5.89. The average molecular weight is 429 g/mol. The molecule has 1 aromatic heterocycles. The first-order valence-corrected chi connectivity index (χ1v) is 9.14. The van der Waals surface area contributed by atoms with Crippen LogP contribution in [0.1, 0.15) is 18.2 Å². The van der Waals surface area contributed by atoms with Gasteiger partial charge in [0.15, 0.2) is 0 Å². The van der Waals surface area contributed by atoms with Crippen LogP contribution in [0.25, 0.3) is 5.69 Å². The smallest absolute Gasteiger partial charge is 0.311 e. The van der Waals surface area contributed by atoms with Crippen LogP contribution < -0.4 is 5.56 Å². The SMILES string of the molecule is COC(=O)Cc1[nH]n(-c2ccc([N+](=O)[O-])cc2)c(=O)c1C(C)=Nc1ccc(Cl)cc1. The van der Waals surface area contributed by atoms with Crippen molar-refractivity contribution in [2.24, 2.45) is 4.99 Å². The molecular formula is C20H17ClN4O5. The van der Waals surface area contributed by atoms with Gasteiger partial charge in [-0.05, 0) is 43.3 Å². The van der Waals surface area contributed by atoms with Gasteiger partial charge in [0.1, 0.15) is 0 Å². The lowest BCUT2D eigenvalue weighted by molar-refractivity contribution is -0.384. The largest absolute Gasteiger partial charge is 0.469 e. The van der Waals surface area contributed by atoms with Crippen molar-refractivity contribution in [3.05, 3.63) is 85.3 Å². The van der Waals surface area contributed by atoms with E-state index in [2.05, 4.69) is 10.1 Å². The number of nitrogens with zero attached hydrogens (tertiary/aromatic N) is 3. The highest BCUT2D eigenvalue weighted by atomic mass is 35.5. The van der Waals surface area contributed by atoms with E-state index in [0.29, 0.717) is 27.8 Å². The van der Waals surface area contributed by atoms with Gasteiger partial charge in [-0.1, -0.05) is 11.6 Å². The van der Waals surface area contributed by atoms with Crippen LogP contribution in [0.2, 0.25) is 5.02 Å². The molecular weight excluding hydrogens is 412 g/mol. The Morgan fingerprint density at radius 3 is 2.40 bits per heavy atom. The molecule has 3 rings (SSSR count). The lowest BCUT2D eigenvalue weighted by atomic mass is 10.1. The molecule has 0 fully saturated rings. The van der Waals surface area contributed by atoms with E-state index in [1.54, 1.807) is 31.2 Å². The van der Waals surface area contributed by atoms with Gasteiger partial charge < -0.3 is 4.74 Å². The first kappa shape index (κ1) is 21.0. The van der Waals surface area contributed by atoms with Crippen LogP contribution in [0.3, 0.4) is 0 Å². The number of esters is 1. The summed E-state index contributed by atoms with van der Waals surface area (Å²) in [6.45, 7) is 1.65. The van der Waals surface area contributed by atoms with Crippen LogP contribution in [0.15, 0.2) is 58.3 Å². The molecule has 1 heterocycles. The number of carbonyl (C=O) groups excluding carboxylic acids is 1. The molecule has 0 spiro atoms. The predicted octanol–water partition coefficient (Wildman–Crippen LogP) is 3.58. The first-order chi connectivity index (χ1) is 14.3. The number of methoxy groups -OCH3 is 1. The van der Waals surface area contributed by atoms with Crippen molar-refractivity contribution in [3.8, 4) is 5.69 Å². The van der Waals surface area contributed by atoms with Gasteiger partial charge in [-0.25, -0.2) is 4.68 Å². The van der Waals surface area contributed by atoms with Crippen molar-refractivity contribution in [1.29, 1.82) is 0 Å². The molecule has 3 aromatic rings. The molecule has 10 heteroatoms. The van der Waals surface area contributed by atoms with E-state index in [0.717, 1.165) is 0 Å². The third-order valence-corrected chi connectivity index (χ3v) is 4.57. The normalized spacial score (nSPS) is 11.4. The number of benzene rings is 2. The van der Waals surface area contributed by atoms with Crippen molar-refractivity contribution >= 4 is 34.7 Å². The maximum absolute atomic E-state index is 13.1. The van der Waals surface area contributed by atoms with Crippen molar-refractivity contribution in [2.75, 3.05) is 7.11 Å². The van der Waals surface area contributed by atoms with Crippen molar-refractivity contribution in [2.45, 2.75) is 13.3 Å². The van der Waals surface area contributed by atoms with Gasteiger partial charge in [0.05, 0.1) is 46.8 Å². The molecule has 0 aliphatic heterocycles. The summed E-state index contributed by atoms with van der Waals surface area (Å²) in [4.78, 5) is 39.7. The average Bonchev–Trinajstić information content (AvgIpc) is 3.05. The quantitative estimate of drug-likeness (QED) is 0.278. The summed E-state index contributed by atoms with van der Waals surface area (Å²) < 4.78 is 5.92. The number of hydrogen-bond acceptors (Lipinski definition) is 6. The summed E-state index contributed by atoms with van der Waals surface area (Å²) in [5.74, 6) is -0.535. The number of ether oxygens (including phenoxy) is 1. The Bertz CT molecular complexity index is 1180. The fourth-order valence-corrected chi connectivity index (χ4v) is 3.00. The number of non-ortho nitro benzene ring substituents is 1. The second kappa shape index (κ2) is 8.75. The molecule has 0 aliphatic rings. The van der Waals surface area contributed by atoms with Crippen LogP contribution in [0.5, 0.6) is 0 Å². The van der Waals surface area contributed by atoms with Gasteiger partial charge in [0, 0.05) is 17.2 Å². The van der Waals surface area contributed by atoms with Gasteiger partial charge in [-0.15, -0.1) is 0 Å².